The Hall–Kier alpha value is -1.75. The van der Waals surface area contributed by atoms with Crippen molar-refractivity contribution in [2.75, 3.05) is 13.2 Å². The summed E-state index contributed by atoms with van der Waals surface area (Å²) in [5.41, 5.74) is 0.110. The number of rotatable bonds is 3. The normalized spacial score (nSPS) is 18.4. The Morgan fingerprint density at radius 1 is 1.43 bits per heavy atom. The largest absolute Gasteiger partial charge is 0.507 e. The van der Waals surface area contributed by atoms with Gasteiger partial charge in [0.15, 0.2) is 0 Å². The summed E-state index contributed by atoms with van der Waals surface area (Å²) in [6.45, 7) is 2.48. The van der Waals surface area contributed by atoms with Gasteiger partial charge in [-0.15, -0.1) is 0 Å². The maximum atomic E-state index is 12.6. The van der Waals surface area contributed by atoms with Crippen molar-refractivity contribution < 1.29 is 19.4 Å². The van der Waals surface area contributed by atoms with E-state index in [2.05, 4.69) is 0 Å². The smallest absolute Gasteiger partial charge is 0.328 e. The van der Waals surface area contributed by atoms with Crippen molar-refractivity contribution in [3.63, 3.8) is 0 Å². The van der Waals surface area contributed by atoms with Crippen LogP contribution in [0, 0.1) is 0 Å². The fourth-order valence-electron chi connectivity index (χ4n) is 2.49. The average molecular weight is 312 g/mol. The van der Waals surface area contributed by atoms with E-state index in [1.807, 2.05) is 0 Å². The van der Waals surface area contributed by atoms with E-state index in [9.17, 15) is 14.7 Å². The molecule has 1 N–H and O–H groups in total. The summed E-state index contributed by atoms with van der Waals surface area (Å²) >= 11 is 5.88. The number of hydrogen-bond donors (Lipinski definition) is 1. The molecule has 0 aromatic heterocycles. The number of nitrogens with zero attached hydrogens (tertiary/aromatic N) is 1. The number of halogens is 1. The minimum Gasteiger partial charge on any atom is -0.507 e. The highest BCUT2D eigenvalue weighted by Crippen LogP contribution is 2.26. The number of aromatic hydroxyl groups is 1. The van der Waals surface area contributed by atoms with Crippen molar-refractivity contribution in [2.24, 2.45) is 0 Å². The van der Waals surface area contributed by atoms with Gasteiger partial charge in [-0.3, -0.25) is 4.79 Å². The molecule has 2 rings (SSSR count). The van der Waals surface area contributed by atoms with Gasteiger partial charge in [-0.1, -0.05) is 11.6 Å². The molecule has 0 aliphatic carbocycles. The molecule has 5 nitrogen and oxygen atoms in total. The molecule has 1 atom stereocenters. The van der Waals surface area contributed by atoms with Gasteiger partial charge in [0.05, 0.1) is 12.2 Å². The molecule has 1 aromatic carbocycles. The van der Waals surface area contributed by atoms with Crippen LogP contribution < -0.4 is 0 Å². The third kappa shape index (κ3) is 3.47. The van der Waals surface area contributed by atoms with Gasteiger partial charge >= 0.3 is 5.97 Å². The lowest BCUT2D eigenvalue weighted by molar-refractivity contribution is -0.149. The van der Waals surface area contributed by atoms with Crippen LogP contribution in [-0.4, -0.2) is 41.1 Å². The van der Waals surface area contributed by atoms with E-state index in [-0.39, 0.29) is 17.9 Å². The molecule has 1 aliphatic rings. The van der Waals surface area contributed by atoms with Crippen molar-refractivity contribution in [2.45, 2.75) is 32.2 Å². The third-order valence-corrected chi connectivity index (χ3v) is 3.75. The minimum absolute atomic E-state index is 0.110. The van der Waals surface area contributed by atoms with Gasteiger partial charge in [-0.2, -0.15) is 0 Å². The topological polar surface area (TPSA) is 66.8 Å². The predicted molar refractivity (Wildman–Crippen MR) is 78.4 cm³/mol. The monoisotopic (exact) mass is 311 g/mol. The van der Waals surface area contributed by atoms with E-state index in [0.717, 1.165) is 12.8 Å². The summed E-state index contributed by atoms with van der Waals surface area (Å²) in [5.74, 6) is -0.933. The highest BCUT2D eigenvalue weighted by Gasteiger charge is 2.34. The van der Waals surface area contributed by atoms with Gasteiger partial charge in [0.25, 0.3) is 5.91 Å². The van der Waals surface area contributed by atoms with Crippen LogP contribution in [0.3, 0.4) is 0 Å². The zero-order valence-electron chi connectivity index (χ0n) is 11.8. The minimum atomic E-state index is -0.593. The second kappa shape index (κ2) is 6.80. The number of phenols is 1. The van der Waals surface area contributed by atoms with Crippen LogP contribution >= 0.6 is 11.6 Å². The molecule has 1 saturated heterocycles. The van der Waals surface area contributed by atoms with Crippen molar-refractivity contribution in [3.05, 3.63) is 28.8 Å². The number of esters is 1. The molecule has 1 aromatic rings. The van der Waals surface area contributed by atoms with Crippen LogP contribution in [0.4, 0.5) is 0 Å². The highest BCUT2D eigenvalue weighted by atomic mass is 35.5. The molecular weight excluding hydrogens is 294 g/mol. The van der Waals surface area contributed by atoms with E-state index < -0.39 is 17.9 Å². The summed E-state index contributed by atoms with van der Waals surface area (Å²) in [6, 6.07) is 3.70. The van der Waals surface area contributed by atoms with Gasteiger partial charge in [0.1, 0.15) is 11.8 Å². The number of ether oxygens (including phenoxy) is 1. The Balaban J connectivity index is 2.26. The molecule has 0 saturated carbocycles. The van der Waals surface area contributed by atoms with Crippen LogP contribution in [0.25, 0.3) is 0 Å². The molecule has 1 heterocycles. The first-order chi connectivity index (χ1) is 10.0. The van der Waals surface area contributed by atoms with Crippen LogP contribution in [0.15, 0.2) is 18.2 Å². The lowest BCUT2D eigenvalue weighted by atomic mass is 10.0. The van der Waals surface area contributed by atoms with Crippen LogP contribution in [0.2, 0.25) is 5.02 Å². The quantitative estimate of drug-likeness (QED) is 0.871. The van der Waals surface area contributed by atoms with Crippen LogP contribution in [0.5, 0.6) is 5.75 Å². The average Bonchev–Trinajstić information content (AvgIpc) is 2.49. The standard InChI is InChI=1S/C15H18ClNO4/c1-2-21-15(20)12-5-3-4-8-17(12)14(19)11-9-10(16)6-7-13(11)18/h6-7,9,12,18H,2-5,8H2,1H3. The third-order valence-electron chi connectivity index (χ3n) is 3.51. The number of benzene rings is 1. The van der Waals surface area contributed by atoms with Crippen molar-refractivity contribution in [1.82, 2.24) is 4.90 Å². The summed E-state index contributed by atoms with van der Waals surface area (Å²) in [4.78, 5) is 26.0. The highest BCUT2D eigenvalue weighted by molar-refractivity contribution is 6.31. The fourth-order valence-corrected chi connectivity index (χ4v) is 2.66. The Kier molecular flexibility index (Phi) is 5.07. The Morgan fingerprint density at radius 2 is 2.19 bits per heavy atom. The van der Waals surface area contributed by atoms with E-state index in [1.54, 1.807) is 6.92 Å². The predicted octanol–water partition coefficient (Wildman–Crippen LogP) is 2.60. The van der Waals surface area contributed by atoms with Gasteiger partial charge in [-0.05, 0) is 44.4 Å². The molecular formula is C15H18ClNO4. The van der Waals surface area contributed by atoms with Gasteiger partial charge in [0.2, 0.25) is 0 Å². The molecule has 1 fully saturated rings. The van der Waals surface area contributed by atoms with E-state index in [0.29, 0.717) is 18.0 Å². The molecule has 0 radical (unpaired) electrons. The molecule has 6 heteroatoms. The molecule has 1 unspecified atom stereocenters. The molecule has 0 spiro atoms. The first kappa shape index (κ1) is 15.6. The number of amides is 1. The molecule has 0 bridgehead atoms. The summed E-state index contributed by atoms with van der Waals surface area (Å²) in [5, 5.41) is 10.2. The van der Waals surface area contributed by atoms with Gasteiger partial charge < -0.3 is 14.7 Å². The van der Waals surface area contributed by atoms with Gasteiger partial charge in [0, 0.05) is 11.6 Å². The first-order valence-corrected chi connectivity index (χ1v) is 7.38. The summed E-state index contributed by atoms with van der Waals surface area (Å²) in [7, 11) is 0. The Labute approximate surface area is 128 Å². The number of likely N-dealkylation sites (tertiary alicyclic amines) is 1. The number of piperidine rings is 1. The van der Waals surface area contributed by atoms with E-state index >= 15 is 0 Å². The number of phenolic OH excluding ortho intramolecular Hbond substituents is 1. The number of carbonyl (C=O) groups excluding carboxylic acids is 2. The van der Waals surface area contributed by atoms with Crippen molar-refractivity contribution >= 4 is 23.5 Å². The second-order valence-electron chi connectivity index (χ2n) is 4.92. The van der Waals surface area contributed by atoms with Crippen molar-refractivity contribution in [1.29, 1.82) is 0 Å². The molecule has 21 heavy (non-hydrogen) atoms. The molecule has 1 amide bonds. The van der Waals surface area contributed by atoms with Gasteiger partial charge in [-0.25, -0.2) is 4.79 Å². The second-order valence-corrected chi connectivity index (χ2v) is 5.36. The van der Waals surface area contributed by atoms with Crippen molar-refractivity contribution in [3.8, 4) is 5.75 Å². The summed E-state index contributed by atoms with van der Waals surface area (Å²) < 4.78 is 5.03. The lowest BCUT2D eigenvalue weighted by Crippen LogP contribution is -2.48. The zero-order valence-corrected chi connectivity index (χ0v) is 12.6. The zero-order chi connectivity index (χ0) is 15.4. The first-order valence-electron chi connectivity index (χ1n) is 7.00. The number of hydrogen-bond acceptors (Lipinski definition) is 4. The summed E-state index contributed by atoms with van der Waals surface area (Å²) in [6.07, 6.45) is 2.27. The maximum absolute atomic E-state index is 12.6. The fraction of sp³-hybridized carbons (Fsp3) is 0.467. The maximum Gasteiger partial charge on any atom is 0.328 e. The van der Waals surface area contributed by atoms with E-state index in [4.69, 9.17) is 16.3 Å². The number of carbonyl (C=O) groups is 2. The SMILES string of the molecule is CCOC(=O)C1CCCCN1C(=O)c1cc(Cl)ccc1O. The van der Waals surface area contributed by atoms with Crippen LogP contribution in [0.1, 0.15) is 36.5 Å². The molecule has 1 aliphatic heterocycles. The van der Waals surface area contributed by atoms with Crippen LogP contribution in [-0.2, 0) is 9.53 Å². The lowest BCUT2D eigenvalue weighted by Gasteiger charge is -2.34. The van der Waals surface area contributed by atoms with E-state index in [1.165, 1.54) is 23.1 Å². The Morgan fingerprint density at radius 3 is 2.90 bits per heavy atom. The Bertz CT molecular complexity index is 546. The molecule has 114 valence electrons.